The Balaban J connectivity index is 1.47. The van der Waals surface area contributed by atoms with Crippen LogP contribution in [0.5, 0.6) is 0 Å². The maximum atomic E-state index is 12.8. The van der Waals surface area contributed by atoms with Crippen molar-refractivity contribution >= 4 is 23.6 Å². The van der Waals surface area contributed by atoms with Crippen LogP contribution < -0.4 is 10.6 Å². The number of guanidine groups is 1. The van der Waals surface area contributed by atoms with Crippen molar-refractivity contribution in [2.75, 3.05) is 52.3 Å². The van der Waals surface area contributed by atoms with E-state index in [9.17, 15) is 4.79 Å². The molecule has 7 heteroatoms. The van der Waals surface area contributed by atoms with Crippen LogP contribution in [0.25, 0.3) is 0 Å². The Morgan fingerprint density at radius 2 is 2.04 bits per heavy atom. The lowest BCUT2D eigenvalue weighted by Gasteiger charge is -2.36. The lowest BCUT2D eigenvalue weighted by Crippen LogP contribution is -2.55. The SMILES string of the molecule is CN=C(NCC1(N(C)C)CCSC1)NC1CCN(C(=O)C2CCCCC2)C1. The van der Waals surface area contributed by atoms with Crippen LogP contribution >= 0.6 is 11.8 Å². The van der Waals surface area contributed by atoms with Crippen molar-refractivity contribution in [2.45, 2.75) is 56.5 Å². The second kappa shape index (κ2) is 9.50. The van der Waals surface area contributed by atoms with E-state index in [4.69, 9.17) is 0 Å². The molecule has 0 aromatic carbocycles. The van der Waals surface area contributed by atoms with Gasteiger partial charge in [0.2, 0.25) is 5.91 Å². The molecule has 2 aliphatic heterocycles. The van der Waals surface area contributed by atoms with Crippen LogP contribution in [0.4, 0.5) is 0 Å². The fourth-order valence-corrected chi connectivity index (χ4v) is 6.12. The predicted octanol–water partition coefficient (Wildman–Crippen LogP) is 1.77. The van der Waals surface area contributed by atoms with Crippen LogP contribution in [-0.2, 0) is 4.79 Å². The van der Waals surface area contributed by atoms with Crippen molar-refractivity contribution in [3.63, 3.8) is 0 Å². The van der Waals surface area contributed by atoms with Gasteiger partial charge < -0.3 is 20.4 Å². The molecule has 0 bridgehead atoms. The Hall–Kier alpha value is -0.950. The van der Waals surface area contributed by atoms with Gasteiger partial charge in [-0.3, -0.25) is 9.79 Å². The number of thioether (sulfide) groups is 1. The summed E-state index contributed by atoms with van der Waals surface area (Å²) in [6.07, 6.45) is 8.11. The van der Waals surface area contributed by atoms with Gasteiger partial charge in [-0.25, -0.2) is 0 Å². The minimum atomic E-state index is 0.209. The van der Waals surface area contributed by atoms with Crippen molar-refractivity contribution in [3.8, 4) is 0 Å². The highest BCUT2D eigenvalue weighted by Gasteiger charge is 2.37. The van der Waals surface area contributed by atoms with Crippen LogP contribution in [0.3, 0.4) is 0 Å². The molecule has 6 nitrogen and oxygen atoms in total. The first-order valence-electron chi connectivity index (χ1n) is 10.6. The van der Waals surface area contributed by atoms with E-state index in [1.165, 1.54) is 31.4 Å². The number of nitrogens with zero attached hydrogens (tertiary/aromatic N) is 3. The molecular formula is C20H37N5OS. The number of likely N-dealkylation sites (N-methyl/N-ethyl adjacent to an activating group) is 1. The van der Waals surface area contributed by atoms with E-state index in [2.05, 4.69) is 39.5 Å². The molecule has 27 heavy (non-hydrogen) atoms. The molecule has 2 unspecified atom stereocenters. The largest absolute Gasteiger partial charge is 0.355 e. The second-order valence-electron chi connectivity index (χ2n) is 8.60. The van der Waals surface area contributed by atoms with Crippen LogP contribution in [0.15, 0.2) is 4.99 Å². The average Bonchev–Trinajstić information content (AvgIpc) is 3.35. The molecule has 1 aliphatic carbocycles. The van der Waals surface area contributed by atoms with Crippen molar-refractivity contribution in [1.82, 2.24) is 20.4 Å². The van der Waals surface area contributed by atoms with Gasteiger partial charge in [0.25, 0.3) is 0 Å². The zero-order valence-electron chi connectivity index (χ0n) is 17.3. The van der Waals surface area contributed by atoms with Gasteiger partial charge in [-0.05, 0) is 45.5 Å². The van der Waals surface area contributed by atoms with Crippen LogP contribution in [-0.4, -0.2) is 85.5 Å². The summed E-state index contributed by atoms with van der Waals surface area (Å²) in [4.78, 5) is 21.6. The van der Waals surface area contributed by atoms with E-state index >= 15 is 0 Å². The van der Waals surface area contributed by atoms with E-state index < -0.39 is 0 Å². The number of likely N-dealkylation sites (tertiary alicyclic amines) is 1. The lowest BCUT2D eigenvalue weighted by molar-refractivity contribution is -0.135. The molecule has 1 saturated carbocycles. The molecule has 2 N–H and O–H groups in total. The highest BCUT2D eigenvalue weighted by atomic mass is 32.2. The first-order chi connectivity index (χ1) is 13.0. The quantitative estimate of drug-likeness (QED) is 0.549. The van der Waals surface area contributed by atoms with E-state index in [1.807, 2.05) is 18.8 Å². The number of nitrogens with one attached hydrogen (secondary N) is 2. The van der Waals surface area contributed by atoms with Gasteiger partial charge in [0.15, 0.2) is 5.96 Å². The summed E-state index contributed by atoms with van der Waals surface area (Å²) in [5.41, 5.74) is 0.209. The normalized spacial score (nSPS) is 30.1. The molecule has 2 saturated heterocycles. The maximum absolute atomic E-state index is 12.8. The molecule has 1 amide bonds. The highest BCUT2D eigenvalue weighted by Crippen LogP contribution is 2.31. The first kappa shape index (κ1) is 20.8. The number of aliphatic imine (C=N–C) groups is 1. The molecule has 3 fully saturated rings. The van der Waals surface area contributed by atoms with E-state index in [-0.39, 0.29) is 11.5 Å². The van der Waals surface area contributed by atoms with Gasteiger partial charge in [0.05, 0.1) is 0 Å². The number of carbonyl (C=O) groups excluding carboxylic acids is 1. The third-order valence-corrected chi connectivity index (χ3v) is 7.87. The number of amides is 1. The summed E-state index contributed by atoms with van der Waals surface area (Å²) in [5.74, 6) is 3.92. The molecule has 0 aromatic heterocycles. The Morgan fingerprint density at radius 3 is 2.67 bits per heavy atom. The fourth-order valence-electron chi connectivity index (χ4n) is 4.57. The summed E-state index contributed by atoms with van der Waals surface area (Å²) < 4.78 is 0. The topological polar surface area (TPSA) is 60.0 Å². The number of hydrogen-bond acceptors (Lipinski definition) is 4. The van der Waals surface area contributed by atoms with Crippen molar-refractivity contribution in [3.05, 3.63) is 0 Å². The number of rotatable bonds is 5. The first-order valence-corrected chi connectivity index (χ1v) is 11.7. The zero-order valence-corrected chi connectivity index (χ0v) is 18.1. The molecule has 3 rings (SSSR count). The van der Waals surface area contributed by atoms with Crippen LogP contribution in [0.1, 0.15) is 44.9 Å². The number of carbonyl (C=O) groups is 1. The van der Waals surface area contributed by atoms with Gasteiger partial charge in [-0.1, -0.05) is 19.3 Å². The molecule has 2 atom stereocenters. The Labute approximate surface area is 168 Å². The van der Waals surface area contributed by atoms with Gasteiger partial charge in [0, 0.05) is 49.9 Å². The summed E-state index contributed by atoms with van der Waals surface area (Å²) in [6, 6.07) is 0.303. The molecule has 0 radical (unpaired) electrons. The van der Waals surface area contributed by atoms with Crippen molar-refractivity contribution in [2.24, 2.45) is 10.9 Å². The minimum Gasteiger partial charge on any atom is -0.355 e. The van der Waals surface area contributed by atoms with Crippen LogP contribution in [0, 0.1) is 5.92 Å². The Morgan fingerprint density at radius 1 is 1.26 bits per heavy atom. The molecule has 154 valence electrons. The fraction of sp³-hybridized carbons (Fsp3) is 0.900. The average molecular weight is 396 g/mol. The smallest absolute Gasteiger partial charge is 0.225 e. The van der Waals surface area contributed by atoms with Crippen LogP contribution in [0.2, 0.25) is 0 Å². The number of hydrogen-bond donors (Lipinski definition) is 2. The summed E-state index contributed by atoms with van der Waals surface area (Å²) >= 11 is 2.03. The zero-order chi connectivity index (χ0) is 19.3. The maximum Gasteiger partial charge on any atom is 0.225 e. The molecule has 2 heterocycles. The molecule has 0 aromatic rings. The summed E-state index contributed by atoms with van der Waals surface area (Å²) in [7, 11) is 6.19. The second-order valence-corrected chi connectivity index (χ2v) is 9.70. The summed E-state index contributed by atoms with van der Waals surface area (Å²) in [5, 5.41) is 7.10. The predicted molar refractivity (Wildman–Crippen MR) is 114 cm³/mol. The third kappa shape index (κ3) is 5.11. The van der Waals surface area contributed by atoms with Gasteiger partial charge in [-0.2, -0.15) is 11.8 Å². The van der Waals surface area contributed by atoms with E-state index in [0.717, 1.165) is 50.6 Å². The van der Waals surface area contributed by atoms with E-state index in [0.29, 0.717) is 11.9 Å². The Bertz CT molecular complexity index is 526. The highest BCUT2D eigenvalue weighted by molar-refractivity contribution is 7.99. The molecule has 0 spiro atoms. The van der Waals surface area contributed by atoms with Crippen molar-refractivity contribution in [1.29, 1.82) is 0 Å². The summed E-state index contributed by atoms with van der Waals surface area (Å²) in [6.45, 7) is 2.59. The Kier molecular flexibility index (Phi) is 7.31. The monoisotopic (exact) mass is 395 g/mol. The lowest BCUT2D eigenvalue weighted by atomic mass is 9.88. The van der Waals surface area contributed by atoms with Crippen molar-refractivity contribution < 1.29 is 4.79 Å². The van der Waals surface area contributed by atoms with E-state index in [1.54, 1.807) is 0 Å². The third-order valence-electron chi connectivity index (χ3n) is 6.63. The van der Waals surface area contributed by atoms with Gasteiger partial charge in [0.1, 0.15) is 0 Å². The molecular weight excluding hydrogens is 358 g/mol. The molecule has 3 aliphatic rings. The standard InChI is InChI=1S/C20H37N5OS/c1-21-19(22-14-20(24(2)3)10-12-27-15-20)23-17-9-11-25(13-17)18(26)16-7-5-4-6-8-16/h16-17H,4-15H2,1-3H3,(H2,21,22,23). The minimum absolute atomic E-state index is 0.209. The van der Waals surface area contributed by atoms with Gasteiger partial charge in [-0.15, -0.1) is 0 Å². The van der Waals surface area contributed by atoms with Gasteiger partial charge >= 0.3 is 0 Å².